The Hall–Kier alpha value is -1.02. The molecule has 2 atom stereocenters. The Morgan fingerprint density at radius 3 is 2.63 bits per heavy atom. The van der Waals surface area contributed by atoms with E-state index in [1.165, 1.54) is 36.8 Å². The Balaban J connectivity index is 1.83. The Morgan fingerprint density at radius 2 is 1.95 bits per heavy atom. The summed E-state index contributed by atoms with van der Waals surface area (Å²) in [6.07, 6.45) is 5.23. The van der Waals surface area contributed by atoms with Crippen LogP contribution in [-0.2, 0) is 0 Å². The Bertz CT molecular complexity index is 382. The fourth-order valence-electron chi connectivity index (χ4n) is 3.25. The Labute approximate surface area is 117 Å². The van der Waals surface area contributed by atoms with E-state index in [9.17, 15) is 0 Å². The molecule has 0 aromatic heterocycles. The molecule has 1 aromatic carbocycles. The third-order valence-corrected chi connectivity index (χ3v) is 4.27. The predicted molar refractivity (Wildman–Crippen MR) is 80.8 cm³/mol. The Morgan fingerprint density at radius 1 is 1.21 bits per heavy atom. The molecule has 19 heavy (non-hydrogen) atoms. The van der Waals surface area contributed by atoms with E-state index in [0.717, 1.165) is 24.8 Å². The van der Waals surface area contributed by atoms with Crippen LogP contribution in [0.15, 0.2) is 18.2 Å². The van der Waals surface area contributed by atoms with E-state index in [2.05, 4.69) is 44.3 Å². The number of aryl methyl sites for hydroxylation is 2. The number of para-hydroxylation sites is 1. The molecule has 0 bridgehead atoms. The van der Waals surface area contributed by atoms with Gasteiger partial charge in [-0.05, 0) is 56.7 Å². The van der Waals surface area contributed by atoms with Crippen molar-refractivity contribution in [1.82, 2.24) is 5.32 Å². The van der Waals surface area contributed by atoms with Gasteiger partial charge in [-0.2, -0.15) is 0 Å². The number of nitrogens with one attached hydrogen (secondary N) is 1. The highest BCUT2D eigenvalue weighted by molar-refractivity contribution is 5.39. The SMILES string of the molecule is CCNC1CCCC1CCOc1c(C)cccc1C. The molecule has 0 heterocycles. The molecule has 2 unspecified atom stereocenters. The lowest BCUT2D eigenvalue weighted by molar-refractivity contribution is 0.258. The second-order valence-electron chi connectivity index (χ2n) is 5.71. The number of benzene rings is 1. The average molecular weight is 261 g/mol. The highest BCUT2D eigenvalue weighted by Crippen LogP contribution is 2.29. The first-order valence-corrected chi connectivity index (χ1v) is 7.64. The molecule has 0 radical (unpaired) electrons. The molecule has 2 heteroatoms. The Kier molecular flexibility index (Phi) is 5.26. The number of hydrogen-bond donors (Lipinski definition) is 1. The third-order valence-electron chi connectivity index (χ3n) is 4.27. The summed E-state index contributed by atoms with van der Waals surface area (Å²) in [5.74, 6) is 1.88. The summed E-state index contributed by atoms with van der Waals surface area (Å²) < 4.78 is 6.03. The molecule has 1 aliphatic rings. The van der Waals surface area contributed by atoms with Crippen LogP contribution in [0, 0.1) is 19.8 Å². The van der Waals surface area contributed by atoms with E-state index in [4.69, 9.17) is 4.74 Å². The molecule has 1 aromatic rings. The van der Waals surface area contributed by atoms with Crippen molar-refractivity contribution in [1.29, 1.82) is 0 Å². The van der Waals surface area contributed by atoms with Crippen molar-refractivity contribution in [2.75, 3.05) is 13.2 Å². The summed E-state index contributed by atoms with van der Waals surface area (Å²) >= 11 is 0. The molecule has 2 nitrogen and oxygen atoms in total. The van der Waals surface area contributed by atoms with Gasteiger partial charge >= 0.3 is 0 Å². The summed E-state index contributed by atoms with van der Waals surface area (Å²) in [4.78, 5) is 0. The van der Waals surface area contributed by atoms with Gasteiger partial charge in [0.15, 0.2) is 0 Å². The smallest absolute Gasteiger partial charge is 0.125 e. The van der Waals surface area contributed by atoms with Gasteiger partial charge in [0, 0.05) is 6.04 Å². The van der Waals surface area contributed by atoms with Crippen LogP contribution in [0.1, 0.15) is 43.7 Å². The topological polar surface area (TPSA) is 21.3 Å². The summed E-state index contributed by atoms with van der Waals surface area (Å²) in [5, 5.41) is 3.61. The monoisotopic (exact) mass is 261 g/mol. The van der Waals surface area contributed by atoms with Gasteiger partial charge in [0.25, 0.3) is 0 Å². The molecule has 2 rings (SSSR count). The fraction of sp³-hybridized carbons (Fsp3) is 0.647. The zero-order valence-electron chi connectivity index (χ0n) is 12.5. The lowest BCUT2D eigenvalue weighted by Crippen LogP contribution is -2.32. The van der Waals surface area contributed by atoms with Gasteiger partial charge in [0.1, 0.15) is 5.75 Å². The molecule has 106 valence electrons. The molecule has 0 amide bonds. The van der Waals surface area contributed by atoms with Gasteiger partial charge in [-0.15, -0.1) is 0 Å². The first-order valence-electron chi connectivity index (χ1n) is 7.64. The third kappa shape index (κ3) is 3.73. The van der Waals surface area contributed by atoms with Gasteiger partial charge in [0.05, 0.1) is 6.61 Å². The minimum Gasteiger partial charge on any atom is -0.493 e. The van der Waals surface area contributed by atoms with Crippen molar-refractivity contribution in [2.24, 2.45) is 5.92 Å². The zero-order valence-corrected chi connectivity index (χ0v) is 12.5. The molecule has 1 aliphatic carbocycles. The fourth-order valence-corrected chi connectivity index (χ4v) is 3.25. The summed E-state index contributed by atoms with van der Waals surface area (Å²) in [6, 6.07) is 7.06. The molecule has 0 spiro atoms. The van der Waals surface area contributed by atoms with Gasteiger partial charge in [-0.3, -0.25) is 0 Å². The van der Waals surface area contributed by atoms with Crippen molar-refractivity contribution in [3.05, 3.63) is 29.3 Å². The maximum atomic E-state index is 6.03. The first kappa shape index (κ1) is 14.4. The predicted octanol–water partition coefficient (Wildman–Crippen LogP) is 3.85. The number of ether oxygens (including phenoxy) is 1. The highest BCUT2D eigenvalue weighted by Gasteiger charge is 2.26. The normalized spacial score (nSPS) is 22.7. The molecule has 1 fully saturated rings. The van der Waals surface area contributed by atoms with E-state index in [1.54, 1.807) is 0 Å². The minimum absolute atomic E-state index is 0.714. The molecule has 0 saturated heterocycles. The standard InChI is InChI=1S/C17H27NO/c1-4-18-16-10-6-9-15(16)11-12-19-17-13(2)7-5-8-14(17)3/h5,7-8,15-16,18H,4,6,9-12H2,1-3H3. The quantitative estimate of drug-likeness (QED) is 0.840. The van der Waals surface area contributed by atoms with Gasteiger partial charge in [-0.25, -0.2) is 0 Å². The van der Waals surface area contributed by atoms with Gasteiger partial charge in [0.2, 0.25) is 0 Å². The number of rotatable bonds is 6. The highest BCUT2D eigenvalue weighted by atomic mass is 16.5. The minimum atomic E-state index is 0.714. The summed E-state index contributed by atoms with van der Waals surface area (Å²) in [6.45, 7) is 8.37. The lowest BCUT2D eigenvalue weighted by Gasteiger charge is -2.21. The van der Waals surface area contributed by atoms with Crippen LogP contribution in [0.3, 0.4) is 0 Å². The van der Waals surface area contributed by atoms with E-state index in [-0.39, 0.29) is 0 Å². The largest absolute Gasteiger partial charge is 0.493 e. The van der Waals surface area contributed by atoms with Crippen LogP contribution in [-0.4, -0.2) is 19.2 Å². The zero-order chi connectivity index (χ0) is 13.7. The van der Waals surface area contributed by atoms with Gasteiger partial charge in [-0.1, -0.05) is 31.5 Å². The summed E-state index contributed by atoms with van der Waals surface area (Å²) in [5.41, 5.74) is 2.49. The van der Waals surface area contributed by atoms with E-state index >= 15 is 0 Å². The summed E-state index contributed by atoms with van der Waals surface area (Å²) in [7, 11) is 0. The van der Waals surface area contributed by atoms with E-state index in [0.29, 0.717) is 6.04 Å². The second kappa shape index (κ2) is 6.95. The van der Waals surface area contributed by atoms with Gasteiger partial charge < -0.3 is 10.1 Å². The van der Waals surface area contributed by atoms with E-state index in [1.807, 2.05) is 0 Å². The van der Waals surface area contributed by atoms with Crippen molar-refractivity contribution in [3.8, 4) is 5.75 Å². The van der Waals surface area contributed by atoms with Crippen molar-refractivity contribution in [2.45, 2.75) is 52.5 Å². The van der Waals surface area contributed by atoms with Crippen LogP contribution in [0.2, 0.25) is 0 Å². The molecular formula is C17H27NO. The van der Waals surface area contributed by atoms with Crippen molar-refractivity contribution in [3.63, 3.8) is 0 Å². The van der Waals surface area contributed by atoms with Crippen molar-refractivity contribution >= 4 is 0 Å². The van der Waals surface area contributed by atoms with Crippen LogP contribution in [0.5, 0.6) is 5.75 Å². The van der Waals surface area contributed by atoms with Crippen LogP contribution >= 0.6 is 0 Å². The van der Waals surface area contributed by atoms with Crippen LogP contribution in [0.25, 0.3) is 0 Å². The molecule has 1 saturated carbocycles. The molecule has 1 N–H and O–H groups in total. The molecular weight excluding hydrogens is 234 g/mol. The molecule has 0 aliphatic heterocycles. The van der Waals surface area contributed by atoms with Crippen LogP contribution < -0.4 is 10.1 Å². The average Bonchev–Trinajstić information content (AvgIpc) is 2.81. The lowest BCUT2D eigenvalue weighted by atomic mass is 10.00. The maximum absolute atomic E-state index is 6.03. The van der Waals surface area contributed by atoms with Crippen molar-refractivity contribution < 1.29 is 4.74 Å². The second-order valence-corrected chi connectivity index (χ2v) is 5.71. The van der Waals surface area contributed by atoms with Crippen LogP contribution in [0.4, 0.5) is 0 Å². The first-order chi connectivity index (χ1) is 9.22. The maximum Gasteiger partial charge on any atom is 0.125 e. The van der Waals surface area contributed by atoms with E-state index < -0.39 is 0 Å². The number of hydrogen-bond acceptors (Lipinski definition) is 2.